The molecule has 1 aromatic heterocycles. The number of halogens is 4. The second-order valence-electron chi connectivity index (χ2n) is 3.52. The molecule has 2 N–H and O–H groups in total. The van der Waals surface area contributed by atoms with Crippen molar-refractivity contribution < 1.29 is 22.5 Å². The summed E-state index contributed by atoms with van der Waals surface area (Å²) < 4.78 is 49.2. The van der Waals surface area contributed by atoms with Crippen LogP contribution in [0.3, 0.4) is 0 Å². The van der Waals surface area contributed by atoms with E-state index in [2.05, 4.69) is 10.3 Å². The molecule has 0 radical (unpaired) electrons. The van der Waals surface area contributed by atoms with Crippen molar-refractivity contribution >= 4 is 17.3 Å². The van der Waals surface area contributed by atoms with Crippen LogP contribution in [-0.4, -0.2) is 35.8 Å². The number of nitrogens with one attached hydrogen (secondary N) is 2. The van der Waals surface area contributed by atoms with E-state index in [4.69, 9.17) is 0 Å². The molecule has 19 heavy (non-hydrogen) atoms. The van der Waals surface area contributed by atoms with Gasteiger partial charge in [-0.1, -0.05) is 0 Å². The number of aromatic nitrogens is 1. The monoisotopic (exact) mass is 282 g/mol. The molecule has 0 aliphatic rings. The highest BCUT2D eigenvalue weighted by Gasteiger charge is 2.40. The van der Waals surface area contributed by atoms with Crippen molar-refractivity contribution in [2.75, 3.05) is 24.2 Å². The van der Waals surface area contributed by atoms with Gasteiger partial charge in [-0.3, -0.25) is 10.1 Å². The van der Waals surface area contributed by atoms with Gasteiger partial charge in [-0.05, 0) is 0 Å². The lowest BCUT2D eigenvalue weighted by molar-refractivity contribution is -0.384. The molecule has 0 unspecified atom stereocenters. The summed E-state index contributed by atoms with van der Waals surface area (Å²) in [5.41, 5.74) is -0.401. The Morgan fingerprint density at radius 1 is 1.42 bits per heavy atom. The van der Waals surface area contributed by atoms with Crippen molar-refractivity contribution in [2.45, 2.75) is 12.3 Å². The fourth-order valence-electron chi connectivity index (χ4n) is 1.13. The number of rotatable bonds is 6. The van der Waals surface area contributed by atoms with Gasteiger partial charge in [0.25, 0.3) is 5.69 Å². The van der Waals surface area contributed by atoms with Crippen LogP contribution in [0.25, 0.3) is 0 Å². The third kappa shape index (κ3) is 3.93. The molecule has 0 aromatic carbocycles. The summed E-state index contributed by atoms with van der Waals surface area (Å²) in [6.45, 7) is -1.37. The van der Waals surface area contributed by atoms with Crippen LogP contribution in [0, 0.1) is 10.1 Å². The maximum Gasteiger partial charge on any atom is 0.324 e. The van der Waals surface area contributed by atoms with Crippen LogP contribution in [0.4, 0.5) is 34.9 Å². The molecule has 6 nitrogen and oxygen atoms in total. The maximum atomic E-state index is 12.7. The van der Waals surface area contributed by atoms with Crippen LogP contribution in [0.5, 0.6) is 0 Å². The first-order chi connectivity index (χ1) is 8.76. The van der Waals surface area contributed by atoms with E-state index in [9.17, 15) is 27.7 Å². The topological polar surface area (TPSA) is 80.1 Å². The number of nitro groups is 1. The molecule has 1 heterocycles. The number of alkyl halides is 4. The summed E-state index contributed by atoms with van der Waals surface area (Å²) in [5.74, 6) is -4.48. The van der Waals surface area contributed by atoms with E-state index in [1.807, 2.05) is 5.32 Å². The molecule has 10 heteroatoms. The minimum absolute atomic E-state index is 0.0528. The van der Waals surface area contributed by atoms with Crippen LogP contribution in [0.15, 0.2) is 12.1 Å². The lowest BCUT2D eigenvalue weighted by atomic mass is 10.3. The zero-order valence-electron chi connectivity index (χ0n) is 9.66. The normalized spacial score (nSPS) is 11.5. The van der Waals surface area contributed by atoms with Crippen molar-refractivity contribution in [1.29, 1.82) is 0 Å². The van der Waals surface area contributed by atoms with Gasteiger partial charge >= 0.3 is 12.3 Å². The van der Waals surface area contributed by atoms with Crippen molar-refractivity contribution in [2.24, 2.45) is 0 Å². The minimum Gasteiger partial charge on any atom is -0.373 e. The highest BCUT2D eigenvalue weighted by molar-refractivity contribution is 5.54. The van der Waals surface area contributed by atoms with Crippen LogP contribution in [0.1, 0.15) is 0 Å². The van der Waals surface area contributed by atoms with E-state index in [1.54, 1.807) is 0 Å². The van der Waals surface area contributed by atoms with Gasteiger partial charge in [0.1, 0.15) is 11.6 Å². The van der Waals surface area contributed by atoms with Crippen LogP contribution in [-0.2, 0) is 0 Å². The van der Waals surface area contributed by atoms with E-state index >= 15 is 0 Å². The van der Waals surface area contributed by atoms with E-state index in [-0.39, 0.29) is 11.6 Å². The molecule has 0 spiro atoms. The zero-order valence-corrected chi connectivity index (χ0v) is 9.66. The zero-order chi connectivity index (χ0) is 14.6. The lowest BCUT2D eigenvalue weighted by Crippen LogP contribution is -2.35. The largest absolute Gasteiger partial charge is 0.373 e. The van der Waals surface area contributed by atoms with E-state index in [0.717, 1.165) is 12.1 Å². The minimum atomic E-state index is -4.24. The molecule has 0 aliphatic heterocycles. The molecular weight excluding hydrogens is 272 g/mol. The van der Waals surface area contributed by atoms with E-state index < -0.39 is 29.5 Å². The Hall–Kier alpha value is -2.13. The summed E-state index contributed by atoms with van der Waals surface area (Å²) in [6, 6.07) is 1.96. The number of hydrogen-bond donors (Lipinski definition) is 2. The standard InChI is InChI=1S/C9H10F4N4O2/c1-14-6-2-5(17(18)19)3-7(16-6)15-4-9(12,13)8(10)11/h2-3,8H,4H2,1H3,(H2,14,15,16). The number of anilines is 2. The summed E-state index contributed by atoms with van der Waals surface area (Å²) in [6.07, 6.45) is -3.83. The van der Waals surface area contributed by atoms with Gasteiger partial charge in [-0.15, -0.1) is 0 Å². The van der Waals surface area contributed by atoms with Gasteiger partial charge in [-0.25, -0.2) is 13.8 Å². The second kappa shape index (κ2) is 5.67. The Balaban J connectivity index is 2.89. The average Bonchev–Trinajstić information content (AvgIpc) is 2.35. The molecule has 0 saturated carbocycles. The van der Waals surface area contributed by atoms with E-state index in [0.29, 0.717) is 0 Å². The third-order valence-electron chi connectivity index (χ3n) is 2.10. The molecule has 1 aromatic rings. The summed E-state index contributed by atoms with van der Waals surface area (Å²) >= 11 is 0. The quantitative estimate of drug-likeness (QED) is 0.475. The molecule has 0 saturated heterocycles. The third-order valence-corrected chi connectivity index (χ3v) is 2.10. The first kappa shape index (κ1) is 14.9. The van der Waals surface area contributed by atoms with Gasteiger partial charge in [0.05, 0.1) is 23.6 Å². The average molecular weight is 282 g/mol. The SMILES string of the molecule is CNc1cc([N+](=O)[O-])cc(NCC(F)(F)C(F)F)n1. The summed E-state index contributed by atoms with van der Waals surface area (Å²) in [4.78, 5) is 13.5. The smallest absolute Gasteiger partial charge is 0.324 e. The predicted molar refractivity (Wildman–Crippen MR) is 59.9 cm³/mol. The Labute approximate surface area is 105 Å². The predicted octanol–water partition coefficient (Wildman–Crippen LogP) is 2.34. The van der Waals surface area contributed by atoms with Crippen molar-refractivity contribution in [3.05, 3.63) is 22.2 Å². The Morgan fingerprint density at radius 2 is 2.00 bits per heavy atom. The van der Waals surface area contributed by atoms with Crippen LogP contribution < -0.4 is 10.6 Å². The number of nitrogens with zero attached hydrogens (tertiary/aromatic N) is 2. The molecule has 0 amide bonds. The maximum absolute atomic E-state index is 12.7. The van der Waals surface area contributed by atoms with Crippen LogP contribution in [0.2, 0.25) is 0 Å². The van der Waals surface area contributed by atoms with Crippen molar-refractivity contribution in [3.63, 3.8) is 0 Å². The first-order valence-corrected chi connectivity index (χ1v) is 5.00. The van der Waals surface area contributed by atoms with Gasteiger partial charge in [0.2, 0.25) is 0 Å². The highest BCUT2D eigenvalue weighted by atomic mass is 19.3. The number of hydrogen-bond acceptors (Lipinski definition) is 5. The lowest BCUT2D eigenvalue weighted by Gasteiger charge is -2.16. The van der Waals surface area contributed by atoms with Gasteiger partial charge in [-0.2, -0.15) is 8.78 Å². The Bertz CT molecular complexity index is 470. The Morgan fingerprint density at radius 3 is 2.47 bits per heavy atom. The first-order valence-electron chi connectivity index (χ1n) is 5.00. The molecule has 0 aliphatic carbocycles. The van der Waals surface area contributed by atoms with Crippen molar-refractivity contribution in [3.8, 4) is 0 Å². The fraction of sp³-hybridized carbons (Fsp3) is 0.444. The summed E-state index contributed by atoms with van der Waals surface area (Å²) in [7, 11) is 1.42. The van der Waals surface area contributed by atoms with E-state index in [1.165, 1.54) is 7.05 Å². The summed E-state index contributed by atoms with van der Waals surface area (Å²) in [5, 5.41) is 15.0. The van der Waals surface area contributed by atoms with Crippen molar-refractivity contribution in [1.82, 2.24) is 4.98 Å². The fourth-order valence-corrected chi connectivity index (χ4v) is 1.13. The van der Waals surface area contributed by atoms with Gasteiger partial charge < -0.3 is 10.6 Å². The second-order valence-corrected chi connectivity index (χ2v) is 3.52. The van der Waals surface area contributed by atoms with Crippen LogP contribution >= 0.6 is 0 Å². The number of pyridine rings is 1. The van der Waals surface area contributed by atoms with Gasteiger partial charge in [0, 0.05) is 7.05 Å². The molecule has 0 bridgehead atoms. The molecule has 0 atom stereocenters. The highest BCUT2D eigenvalue weighted by Crippen LogP contribution is 2.25. The molecular formula is C9H10F4N4O2. The Kier molecular flexibility index (Phi) is 4.46. The molecule has 0 fully saturated rings. The van der Waals surface area contributed by atoms with Gasteiger partial charge in [0.15, 0.2) is 0 Å². The molecule has 106 valence electrons. The molecule has 1 rings (SSSR count).